The van der Waals surface area contributed by atoms with Gasteiger partial charge in [-0.1, -0.05) is 55.5 Å². The second-order valence-corrected chi connectivity index (χ2v) is 12.5. The molecule has 39 heavy (non-hydrogen) atoms. The quantitative estimate of drug-likeness (QED) is 0.283. The van der Waals surface area contributed by atoms with Crippen molar-refractivity contribution in [3.8, 4) is 0 Å². The summed E-state index contributed by atoms with van der Waals surface area (Å²) in [5.41, 5.74) is 1.35. The Kier molecular flexibility index (Phi) is 10.9. The highest BCUT2D eigenvalue weighted by Crippen LogP contribution is 2.22. The second-order valence-electron chi connectivity index (χ2n) is 9.38. The number of benzene rings is 3. The molecule has 3 aromatic rings. The van der Waals surface area contributed by atoms with Gasteiger partial charge in [0.1, 0.15) is 18.4 Å². The smallest absolute Gasteiger partial charge is 0.244 e. The van der Waals surface area contributed by atoms with E-state index in [0.29, 0.717) is 12.1 Å². The van der Waals surface area contributed by atoms with Crippen LogP contribution in [0.2, 0.25) is 0 Å². The predicted molar refractivity (Wildman–Crippen MR) is 160 cm³/mol. The summed E-state index contributed by atoms with van der Waals surface area (Å²) in [4.78, 5) is 28.8. The number of carbonyl (C=O) groups is 2. The first-order valence-corrected chi connectivity index (χ1v) is 15.5. The third kappa shape index (κ3) is 8.76. The van der Waals surface area contributed by atoms with Crippen molar-refractivity contribution in [1.82, 2.24) is 10.2 Å². The van der Waals surface area contributed by atoms with Gasteiger partial charge in [0.25, 0.3) is 0 Å². The predicted octanol–water partition coefficient (Wildman–Crippen LogP) is 4.75. The zero-order chi connectivity index (χ0) is 28.6. The molecule has 0 unspecified atom stereocenters. The molecule has 7 nitrogen and oxygen atoms in total. The summed E-state index contributed by atoms with van der Waals surface area (Å²) in [6.07, 6.45) is 1.88. The largest absolute Gasteiger partial charge is 0.352 e. The number of carbonyl (C=O) groups excluding carboxylic acids is 2. The molecule has 0 aliphatic rings. The van der Waals surface area contributed by atoms with Crippen LogP contribution in [0.4, 0.5) is 10.1 Å². The summed E-state index contributed by atoms with van der Waals surface area (Å²) in [5.74, 6) is -1.53. The lowest BCUT2D eigenvalue weighted by atomic mass is 10.0. The van der Waals surface area contributed by atoms with Gasteiger partial charge in [0.2, 0.25) is 21.8 Å². The molecular weight excluding hydrogens is 632 g/mol. The molecular formula is C29H33FIN3O4S. The van der Waals surface area contributed by atoms with Gasteiger partial charge < -0.3 is 10.2 Å². The Hall–Kier alpha value is -2.99. The molecule has 0 fully saturated rings. The molecule has 0 heterocycles. The van der Waals surface area contributed by atoms with E-state index in [1.54, 1.807) is 42.5 Å². The summed E-state index contributed by atoms with van der Waals surface area (Å²) < 4.78 is 42.2. The van der Waals surface area contributed by atoms with E-state index >= 15 is 0 Å². The minimum atomic E-state index is -3.86. The van der Waals surface area contributed by atoms with E-state index in [1.165, 1.54) is 11.0 Å². The maximum Gasteiger partial charge on any atom is 0.244 e. The number of sulfonamides is 1. The second kappa shape index (κ2) is 13.9. The summed E-state index contributed by atoms with van der Waals surface area (Å²) in [6, 6.07) is 20.8. The number of hydrogen-bond donors (Lipinski definition) is 1. The first-order chi connectivity index (χ1) is 18.5. The van der Waals surface area contributed by atoms with E-state index < -0.39 is 40.2 Å². The molecule has 0 saturated heterocycles. The van der Waals surface area contributed by atoms with Gasteiger partial charge in [0.15, 0.2) is 0 Å². The van der Waals surface area contributed by atoms with Gasteiger partial charge in [-0.3, -0.25) is 13.9 Å². The van der Waals surface area contributed by atoms with E-state index in [-0.39, 0.29) is 24.6 Å². The minimum Gasteiger partial charge on any atom is -0.352 e. The van der Waals surface area contributed by atoms with Crippen molar-refractivity contribution in [3.63, 3.8) is 0 Å². The maximum absolute atomic E-state index is 14.8. The number of nitrogens with zero attached hydrogens (tertiary/aromatic N) is 2. The van der Waals surface area contributed by atoms with Gasteiger partial charge in [0.05, 0.1) is 11.9 Å². The van der Waals surface area contributed by atoms with Gasteiger partial charge in [-0.15, -0.1) is 0 Å². The topological polar surface area (TPSA) is 86.8 Å². The highest BCUT2D eigenvalue weighted by atomic mass is 127. The molecule has 0 aliphatic carbocycles. The van der Waals surface area contributed by atoms with E-state index in [4.69, 9.17) is 0 Å². The van der Waals surface area contributed by atoms with Crippen molar-refractivity contribution in [2.24, 2.45) is 0 Å². The normalized spacial score (nSPS) is 12.8. The number of rotatable bonds is 12. The van der Waals surface area contributed by atoms with Crippen molar-refractivity contribution in [1.29, 1.82) is 0 Å². The van der Waals surface area contributed by atoms with Crippen molar-refractivity contribution >= 4 is 50.1 Å². The SMILES string of the molecule is CC[C@H](C)NC(=O)[C@@H](Cc1ccccc1)N(Cc1ccccc1F)C(=O)CN(c1ccc(I)cc1)S(C)(=O)=O. The number of hydrogen-bond acceptors (Lipinski definition) is 4. The van der Waals surface area contributed by atoms with Crippen LogP contribution in [0.5, 0.6) is 0 Å². The standard InChI is InChI=1S/C29H33FIN3O4S/c1-4-21(2)32-29(36)27(18-22-10-6-5-7-11-22)33(19-23-12-8-9-13-26(23)30)28(35)20-34(39(3,37)38)25-16-14-24(31)15-17-25/h5-17,21,27H,4,18-20H2,1-3H3,(H,32,36)/t21-,27+/m0/s1. The highest BCUT2D eigenvalue weighted by molar-refractivity contribution is 14.1. The van der Waals surface area contributed by atoms with Crippen LogP contribution >= 0.6 is 22.6 Å². The Bertz CT molecular complexity index is 1370. The van der Waals surface area contributed by atoms with Crippen molar-refractivity contribution in [2.45, 2.75) is 45.3 Å². The van der Waals surface area contributed by atoms with Crippen molar-refractivity contribution in [3.05, 3.63) is 99.4 Å². The molecule has 2 amide bonds. The summed E-state index contributed by atoms with van der Waals surface area (Å²) in [7, 11) is -3.86. The van der Waals surface area contributed by atoms with Crippen LogP contribution in [0.1, 0.15) is 31.4 Å². The Labute approximate surface area is 243 Å². The van der Waals surface area contributed by atoms with Crippen LogP contribution in [0, 0.1) is 9.39 Å². The summed E-state index contributed by atoms with van der Waals surface area (Å²) in [6.45, 7) is 3.05. The average molecular weight is 666 g/mol. The number of anilines is 1. The monoisotopic (exact) mass is 665 g/mol. The molecule has 0 aromatic heterocycles. The third-order valence-corrected chi connectivity index (χ3v) is 8.22. The van der Waals surface area contributed by atoms with Crippen LogP contribution in [-0.4, -0.2) is 50.0 Å². The van der Waals surface area contributed by atoms with E-state index in [1.807, 2.05) is 44.2 Å². The van der Waals surface area contributed by atoms with Crippen molar-refractivity contribution < 1.29 is 22.4 Å². The third-order valence-electron chi connectivity index (χ3n) is 6.36. The van der Waals surface area contributed by atoms with Gasteiger partial charge in [-0.05, 0) is 71.8 Å². The molecule has 0 bridgehead atoms. The Balaban J connectivity index is 2.06. The molecule has 1 N–H and O–H groups in total. The zero-order valence-electron chi connectivity index (χ0n) is 22.2. The highest BCUT2D eigenvalue weighted by Gasteiger charge is 2.33. The first kappa shape index (κ1) is 30.6. The Morgan fingerprint density at radius 1 is 0.974 bits per heavy atom. The number of nitrogens with one attached hydrogen (secondary N) is 1. The van der Waals surface area contributed by atoms with Crippen LogP contribution in [0.25, 0.3) is 0 Å². The lowest BCUT2D eigenvalue weighted by molar-refractivity contribution is -0.140. The van der Waals surface area contributed by atoms with Crippen LogP contribution in [0.15, 0.2) is 78.9 Å². The molecule has 208 valence electrons. The Morgan fingerprint density at radius 2 is 1.59 bits per heavy atom. The summed E-state index contributed by atoms with van der Waals surface area (Å²) in [5, 5.41) is 2.95. The van der Waals surface area contributed by atoms with E-state index in [0.717, 1.165) is 19.7 Å². The van der Waals surface area contributed by atoms with E-state index in [9.17, 15) is 22.4 Å². The summed E-state index contributed by atoms with van der Waals surface area (Å²) >= 11 is 2.11. The molecule has 0 spiro atoms. The molecule has 3 aromatic carbocycles. The van der Waals surface area contributed by atoms with Crippen LogP contribution in [0.3, 0.4) is 0 Å². The molecule has 3 rings (SSSR count). The van der Waals surface area contributed by atoms with E-state index in [2.05, 4.69) is 27.9 Å². The molecule has 0 saturated carbocycles. The van der Waals surface area contributed by atoms with Gasteiger partial charge in [0, 0.05) is 28.1 Å². The fraction of sp³-hybridized carbons (Fsp3) is 0.310. The molecule has 0 aliphatic heterocycles. The van der Waals surface area contributed by atoms with Gasteiger partial charge >= 0.3 is 0 Å². The Morgan fingerprint density at radius 3 is 2.18 bits per heavy atom. The van der Waals surface area contributed by atoms with Crippen LogP contribution in [-0.2, 0) is 32.6 Å². The fourth-order valence-electron chi connectivity index (χ4n) is 4.03. The van der Waals surface area contributed by atoms with Gasteiger partial charge in [-0.25, -0.2) is 12.8 Å². The number of halogens is 2. The molecule has 2 atom stereocenters. The number of amides is 2. The molecule has 0 radical (unpaired) electrons. The minimum absolute atomic E-state index is 0.152. The zero-order valence-corrected chi connectivity index (χ0v) is 25.2. The first-order valence-electron chi connectivity index (χ1n) is 12.6. The average Bonchev–Trinajstić information content (AvgIpc) is 2.90. The van der Waals surface area contributed by atoms with Crippen molar-refractivity contribution in [2.75, 3.05) is 17.1 Å². The maximum atomic E-state index is 14.8. The van der Waals surface area contributed by atoms with Gasteiger partial charge in [-0.2, -0.15) is 0 Å². The lowest BCUT2D eigenvalue weighted by Crippen LogP contribution is -2.54. The molecule has 10 heteroatoms. The van der Waals surface area contributed by atoms with Crippen LogP contribution < -0.4 is 9.62 Å². The fourth-order valence-corrected chi connectivity index (χ4v) is 5.24. The lowest BCUT2D eigenvalue weighted by Gasteiger charge is -2.34.